The molecule has 0 amide bonds. The van der Waals surface area contributed by atoms with Gasteiger partial charge in [0.25, 0.3) is 5.56 Å². The Labute approximate surface area is 119 Å². The molecule has 0 saturated heterocycles. The summed E-state index contributed by atoms with van der Waals surface area (Å²) in [7, 11) is 0. The lowest BCUT2D eigenvalue weighted by Gasteiger charge is -2.05. The molecular weight excluding hydrogens is 270 g/mol. The second-order valence-electron chi connectivity index (χ2n) is 4.43. The zero-order valence-electron chi connectivity index (χ0n) is 11.2. The van der Waals surface area contributed by atoms with E-state index in [2.05, 4.69) is 15.0 Å². The molecule has 0 saturated carbocycles. The number of hydrogen-bond donors (Lipinski definition) is 1. The van der Waals surface area contributed by atoms with Crippen molar-refractivity contribution < 1.29 is 9.53 Å². The third-order valence-corrected chi connectivity index (χ3v) is 2.88. The summed E-state index contributed by atoms with van der Waals surface area (Å²) in [4.78, 5) is 34.1. The largest absolute Gasteiger partial charge is 0.427 e. The number of rotatable bonds is 2. The zero-order valence-corrected chi connectivity index (χ0v) is 11.2. The van der Waals surface area contributed by atoms with Crippen LogP contribution in [0, 0.1) is 0 Å². The van der Waals surface area contributed by atoms with Crippen LogP contribution in [-0.2, 0) is 4.79 Å². The quantitative estimate of drug-likeness (QED) is 0.573. The minimum Gasteiger partial charge on any atom is -0.427 e. The van der Waals surface area contributed by atoms with Gasteiger partial charge in [-0.3, -0.25) is 14.6 Å². The Morgan fingerprint density at radius 1 is 1.29 bits per heavy atom. The fourth-order valence-corrected chi connectivity index (χ4v) is 2.00. The lowest BCUT2D eigenvalue weighted by atomic mass is 10.2. The molecule has 2 heterocycles. The van der Waals surface area contributed by atoms with Crippen LogP contribution in [0.1, 0.15) is 6.92 Å². The first-order valence-corrected chi connectivity index (χ1v) is 6.26. The van der Waals surface area contributed by atoms with E-state index in [1.165, 1.54) is 13.1 Å². The lowest BCUT2D eigenvalue weighted by Crippen LogP contribution is -2.09. The number of esters is 1. The van der Waals surface area contributed by atoms with Crippen LogP contribution in [0.3, 0.4) is 0 Å². The third-order valence-electron chi connectivity index (χ3n) is 2.88. The predicted octanol–water partition coefficient (Wildman–Crippen LogP) is 1.91. The normalized spacial score (nSPS) is 10.5. The summed E-state index contributed by atoms with van der Waals surface area (Å²) < 4.78 is 5.02. The molecule has 0 fully saturated rings. The van der Waals surface area contributed by atoms with Crippen molar-refractivity contribution in [2.45, 2.75) is 6.92 Å². The number of aromatic amines is 1. The van der Waals surface area contributed by atoms with Gasteiger partial charge in [-0.15, -0.1) is 0 Å². The topological polar surface area (TPSA) is 84.9 Å². The molecule has 0 aliphatic heterocycles. The first-order valence-electron chi connectivity index (χ1n) is 6.26. The lowest BCUT2D eigenvalue weighted by molar-refractivity contribution is -0.131. The average molecular weight is 281 g/mol. The molecule has 3 aromatic rings. The van der Waals surface area contributed by atoms with Crippen LogP contribution < -0.4 is 10.3 Å². The Hall–Kier alpha value is -3.02. The van der Waals surface area contributed by atoms with Crippen LogP contribution in [0.25, 0.3) is 22.3 Å². The molecule has 1 aromatic carbocycles. The molecule has 6 nitrogen and oxygen atoms in total. The summed E-state index contributed by atoms with van der Waals surface area (Å²) in [5, 5.41) is 0.477. The van der Waals surface area contributed by atoms with Gasteiger partial charge in [0.15, 0.2) is 0 Å². The predicted molar refractivity (Wildman–Crippen MR) is 76.9 cm³/mol. The molecule has 0 bridgehead atoms. The molecule has 1 N–H and O–H groups in total. The van der Waals surface area contributed by atoms with Gasteiger partial charge in [-0.25, -0.2) is 4.98 Å². The Kier molecular flexibility index (Phi) is 3.19. The first kappa shape index (κ1) is 13.0. The van der Waals surface area contributed by atoms with Crippen LogP contribution >= 0.6 is 0 Å². The Morgan fingerprint density at radius 2 is 2.14 bits per heavy atom. The maximum atomic E-state index is 12.0. The zero-order chi connectivity index (χ0) is 14.8. The highest BCUT2D eigenvalue weighted by Gasteiger charge is 2.07. The van der Waals surface area contributed by atoms with Gasteiger partial charge in [0.2, 0.25) is 0 Å². The highest BCUT2D eigenvalue weighted by atomic mass is 16.5. The first-order chi connectivity index (χ1) is 10.1. The standard InChI is InChI=1S/C15H11N3O3/c1-9(19)21-11-4-2-3-10(7-11)14-17-13-8-16-6-5-12(13)15(20)18-14/h2-8H,1H3,(H,17,18,20). The molecule has 0 atom stereocenters. The molecule has 21 heavy (non-hydrogen) atoms. The number of carbonyl (C=O) groups is 1. The number of nitrogens with zero attached hydrogens (tertiary/aromatic N) is 2. The van der Waals surface area contributed by atoms with E-state index in [4.69, 9.17) is 4.74 Å². The molecule has 104 valence electrons. The van der Waals surface area contributed by atoms with Gasteiger partial charge in [-0.1, -0.05) is 12.1 Å². The van der Waals surface area contributed by atoms with Crippen molar-refractivity contribution in [3.05, 3.63) is 53.1 Å². The minimum absolute atomic E-state index is 0.240. The second kappa shape index (κ2) is 5.16. The number of fused-ring (bicyclic) bond motifs is 1. The summed E-state index contributed by atoms with van der Waals surface area (Å²) in [6.45, 7) is 1.33. The third kappa shape index (κ3) is 2.64. The second-order valence-corrected chi connectivity index (χ2v) is 4.43. The molecule has 6 heteroatoms. The molecule has 2 aromatic heterocycles. The number of H-pyrrole nitrogens is 1. The smallest absolute Gasteiger partial charge is 0.308 e. The van der Waals surface area contributed by atoms with Gasteiger partial charge in [-0.05, 0) is 18.2 Å². The van der Waals surface area contributed by atoms with Crippen molar-refractivity contribution in [1.29, 1.82) is 0 Å². The van der Waals surface area contributed by atoms with Gasteiger partial charge in [0.05, 0.1) is 17.1 Å². The van der Waals surface area contributed by atoms with E-state index in [0.29, 0.717) is 28.0 Å². The Bertz CT molecular complexity index is 886. The molecule has 0 spiro atoms. The number of aromatic nitrogens is 3. The molecule has 0 radical (unpaired) electrons. The Balaban J connectivity index is 2.12. The van der Waals surface area contributed by atoms with Crippen LogP contribution in [0.2, 0.25) is 0 Å². The molecule has 3 rings (SSSR count). The number of carbonyl (C=O) groups excluding carboxylic acids is 1. The van der Waals surface area contributed by atoms with Crippen molar-refractivity contribution >= 4 is 16.9 Å². The van der Waals surface area contributed by atoms with E-state index >= 15 is 0 Å². The van der Waals surface area contributed by atoms with Crippen molar-refractivity contribution in [2.75, 3.05) is 0 Å². The molecule has 0 aliphatic rings. The SMILES string of the molecule is CC(=O)Oc1cccc(-c2nc3cnccc3c(=O)[nH]2)c1. The average Bonchev–Trinajstić information content (AvgIpc) is 2.47. The van der Waals surface area contributed by atoms with E-state index in [1.54, 1.807) is 36.5 Å². The van der Waals surface area contributed by atoms with Crippen LogP contribution in [-0.4, -0.2) is 20.9 Å². The number of nitrogens with one attached hydrogen (secondary N) is 1. The van der Waals surface area contributed by atoms with E-state index in [-0.39, 0.29) is 5.56 Å². The van der Waals surface area contributed by atoms with Crippen molar-refractivity contribution in [1.82, 2.24) is 15.0 Å². The molecular formula is C15H11N3O3. The van der Waals surface area contributed by atoms with Crippen molar-refractivity contribution in [3.8, 4) is 17.1 Å². The van der Waals surface area contributed by atoms with E-state index in [0.717, 1.165) is 0 Å². The highest BCUT2D eigenvalue weighted by molar-refractivity contribution is 5.78. The summed E-state index contributed by atoms with van der Waals surface area (Å²) in [5.74, 6) is 0.389. The van der Waals surface area contributed by atoms with Gasteiger partial charge in [0, 0.05) is 18.7 Å². The van der Waals surface area contributed by atoms with E-state index < -0.39 is 5.97 Å². The number of benzene rings is 1. The summed E-state index contributed by atoms with van der Waals surface area (Å²) in [6, 6.07) is 8.40. The number of pyridine rings is 1. The van der Waals surface area contributed by atoms with Gasteiger partial charge in [-0.2, -0.15) is 0 Å². The van der Waals surface area contributed by atoms with Crippen molar-refractivity contribution in [2.24, 2.45) is 0 Å². The van der Waals surface area contributed by atoms with Crippen LogP contribution in [0.5, 0.6) is 5.75 Å². The van der Waals surface area contributed by atoms with E-state index in [1.807, 2.05) is 0 Å². The monoisotopic (exact) mass is 281 g/mol. The van der Waals surface area contributed by atoms with Gasteiger partial charge >= 0.3 is 5.97 Å². The van der Waals surface area contributed by atoms with Crippen LogP contribution in [0.4, 0.5) is 0 Å². The summed E-state index contributed by atoms with van der Waals surface area (Å²) in [5.41, 5.74) is 0.918. The van der Waals surface area contributed by atoms with E-state index in [9.17, 15) is 9.59 Å². The highest BCUT2D eigenvalue weighted by Crippen LogP contribution is 2.21. The molecule has 0 unspecified atom stereocenters. The summed E-state index contributed by atoms with van der Waals surface area (Å²) >= 11 is 0. The number of ether oxygens (including phenoxy) is 1. The van der Waals surface area contributed by atoms with Crippen molar-refractivity contribution in [3.63, 3.8) is 0 Å². The Morgan fingerprint density at radius 3 is 2.95 bits per heavy atom. The maximum absolute atomic E-state index is 12.0. The fraction of sp³-hybridized carbons (Fsp3) is 0.0667. The summed E-state index contributed by atoms with van der Waals surface area (Å²) in [6.07, 6.45) is 3.07. The van der Waals surface area contributed by atoms with Crippen LogP contribution in [0.15, 0.2) is 47.5 Å². The molecule has 0 aliphatic carbocycles. The minimum atomic E-state index is -0.406. The van der Waals surface area contributed by atoms with Gasteiger partial charge < -0.3 is 9.72 Å². The van der Waals surface area contributed by atoms with Gasteiger partial charge in [0.1, 0.15) is 11.6 Å². The maximum Gasteiger partial charge on any atom is 0.308 e. The number of hydrogen-bond acceptors (Lipinski definition) is 5. The fourth-order valence-electron chi connectivity index (χ4n) is 2.00.